The first-order valence-electron chi connectivity index (χ1n) is 9.94. The smallest absolute Gasteiger partial charge is 0.331 e. The first-order chi connectivity index (χ1) is 16.0. The Kier molecular flexibility index (Phi) is 6.50. The van der Waals surface area contributed by atoms with E-state index >= 15 is 0 Å². The normalized spacial score (nSPS) is 10.6. The summed E-state index contributed by atoms with van der Waals surface area (Å²) in [7, 11) is 2.97. The van der Waals surface area contributed by atoms with Crippen molar-refractivity contribution in [2.75, 3.05) is 14.2 Å². The van der Waals surface area contributed by atoms with Gasteiger partial charge in [0.1, 0.15) is 5.52 Å². The molecule has 8 nitrogen and oxygen atoms in total. The van der Waals surface area contributed by atoms with E-state index in [0.717, 1.165) is 28.0 Å². The molecule has 0 saturated heterocycles. The number of aryl methyl sites for hydroxylation is 1. The highest BCUT2D eigenvalue weighted by atomic mass is 32.2. The summed E-state index contributed by atoms with van der Waals surface area (Å²) >= 11 is 1.06. The molecule has 0 radical (unpaired) electrons. The number of fused-ring (bicyclic) bond motifs is 1. The van der Waals surface area contributed by atoms with Crippen LogP contribution in [0.25, 0.3) is 22.6 Å². The summed E-state index contributed by atoms with van der Waals surface area (Å²) in [5.74, 6) is 0.847. The van der Waals surface area contributed by atoms with Crippen LogP contribution in [0.4, 0.5) is 4.79 Å². The number of ether oxygens (including phenoxy) is 2. The van der Waals surface area contributed by atoms with Gasteiger partial charge in [-0.25, -0.2) is 9.78 Å². The van der Waals surface area contributed by atoms with Crippen LogP contribution < -0.4 is 19.5 Å². The standard InChI is InChI=1S/C24H21N3O5S/c1-14-5-4-6-16(11-14)23-25-18-13-17(8-10-19(18)32-23)33-27-24(29)26-22(28)15-7-9-20(30-2)21(12-15)31-3/h4-13H,1-3H3,(H2,26,27,28,29). The van der Waals surface area contributed by atoms with Crippen molar-refractivity contribution in [1.29, 1.82) is 0 Å². The lowest BCUT2D eigenvalue weighted by Crippen LogP contribution is -2.36. The number of benzene rings is 3. The Balaban J connectivity index is 1.39. The third-order valence-corrected chi connectivity index (χ3v) is 5.54. The Morgan fingerprint density at radius 2 is 1.79 bits per heavy atom. The maximum Gasteiger partial charge on any atom is 0.331 e. The van der Waals surface area contributed by atoms with Crippen molar-refractivity contribution in [2.45, 2.75) is 11.8 Å². The van der Waals surface area contributed by atoms with E-state index in [9.17, 15) is 9.59 Å². The molecule has 0 aliphatic heterocycles. The summed E-state index contributed by atoms with van der Waals surface area (Å²) in [6.07, 6.45) is 0. The summed E-state index contributed by atoms with van der Waals surface area (Å²) in [5, 5.41) is 2.28. The Labute approximate surface area is 194 Å². The van der Waals surface area contributed by atoms with E-state index in [0.29, 0.717) is 28.5 Å². The van der Waals surface area contributed by atoms with Crippen molar-refractivity contribution < 1.29 is 23.5 Å². The number of carbonyl (C=O) groups excluding carboxylic acids is 2. The SMILES string of the molecule is COc1ccc(C(=O)NC(=O)NSc2ccc3oc(-c4cccc(C)c4)nc3c2)cc1OC. The largest absolute Gasteiger partial charge is 0.493 e. The van der Waals surface area contributed by atoms with Crippen molar-refractivity contribution >= 4 is 35.0 Å². The maximum absolute atomic E-state index is 12.4. The quantitative estimate of drug-likeness (QED) is 0.389. The second-order valence-corrected chi connectivity index (χ2v) is 7.95. The molecule has 0 bridgehead atoms. The Morgan fingerprint density at radius 3 is 2.55 bits per heavy atom. The number of rotatable bonds is 6. The first kappa shape index (κ1) is 22.2. The van der Waals surface area contributed by atoms with Crippen molar-refractivity contribution in [3.8, 4) is 23.0 Å². The molecule has 2 N–H and O–H groups in total. The fourth-order valence-corrected chi connectivity index (χ4v) is 3.72. The molecule has 0 aliphatic carbocycles. The van der Waals surface area contributed by atoms with Gasteiger partial charge in [-0.3, -0.25) is 14.8 Å². The number of oxazole rings is 1. The zero-order chi connectivity index (χ0) is 23.4. The molecule has 0 saturated carbocycles. The molecule has 4 aromatic rings. The van der Waals surface area contributed by atoms with Gasteiger partial charge in [0.05, 0.1) is 14.2 Å². The Bertz CT molecular complexity index is 1330. The predicted octanol–water partition coefficient (Wildman–Crippen LogP) is 4.97. The number of hydrogen-bond donors (Lipinski definition) is 2. The molecule has 1 heterocycles. The number of urea groups is 1. The highest BCUT2D eigenvalue weighted by Gasteiger charge is 2.14. The number of methoxy groups -OCH3 is 2. The van der Waals surface area contributed by atoms with Crippen molar-refractivity contribution in [1.82, 2.24) is 15.0 Å². The summed E-state index contributed by atoms with van der Waals surface area (Å²) in [6.45, 7) is 2.01. The van der Waals surface area contributed by atoms with Gasteiger partial charge in [0, 0.05) is 16.0 Å². The minimum Gasteiger partial charge on any atom is -0.493 e. The van der Waals surface area contributed by atoms with E-state index in [1.54, 1.807) is 30.3 Å². The lowest BCUT2D eigenvalue weighted by atomic mass is 10.1. The highest BCUT2D eigenvalue weighted by molar-refractivity contribution is 7.98. The van der Waals surface area contributed by atoms with E-state index in [2.05, 4.69) is 15.0 Å². The van der Waals surface area contributed by atoms with Gasteiger partial charge in [0.2, 0.25) is 5.89 Å². The van der Waals surface area contributed by atoms with Crippen molar-refractivity contribution in [3.63, 3.8) is 0 Å². The minimum atomic E-state index is -0.652. The topological polar surface area (TPSA) is 103 Å². The zero-order valence-corrected chi connectivity index (χ0v) is 19.0. The van der Waals surface area contributed by atoms with E-state index in [4.69, 9.17) is 13.9 Å². The van der Waals surface area contributed by atoms with Crippen LogP contribution >= 0.6 is 11.9 Å². The monoisotopic (exact) mass is 463 g/mol. The van der Waals surface area contributed by atoms with E-state index in [-0.39, 0.29) is 5.56 Å². The van der Waals surface area contributed by atoms with Gasteiger partial charge in [-0.15, -0.1) is 0 Å². The molecule has 0 spiro atoms. The first-order valence-corrected chi connectivity index (χ1v) is 10.8. The molecule has 4 rings (SSSR count). The minimum absolute atomic E-state index is 0.264. The van der Waals surface area contributed by atoms with Gasteiger partial charge < -0.3 is 13.9 Å². The third kappa shape index (κ3) is 5.09. The molecule has 0 atom stereocenters. The number of nitrogens with one attached hydrogen (secondary N) is 2. The second kappa shape index (κ2) is 9.66. The van der Waals surface area contributed by atoms with Crippen LogP contribution in [0.3, 0.4) is 0 Å². The summed E-state index contributed by atoms with van der Waals surface area (Å²) in [6, 6.07) is 17.3. The van der Waals surface area contributed by atoms with Crippen LogP contribution in [0.5, 0.6) is 11.5 Å². The van der Waals surface area contributed by atoms with Crippen LogP contribution in [0.1, 0.15) is 15.9 Å². The van der Waals surface area contributed by atoms with Crippen LogP contribution in [-0.2, 0) is 0 Å². The molecule has 3 amide bonds. The van der Waals surface area contributed by atoms with Gasteiger partial charge in [-0.05, 0) is 67.4 Å². The van der Waals surface area contributed by atoms with Crippen LogP contribution in [-0.4, -0.2) is 31.1 Å². The molecule has 1 aromatic heterocycles. The lowest BCUT2D eigenvalue weighted by molar-refractivity contribution is 0.0965. The van der Waals surface area contributed by atoms with Crippen LogP contribution in [0.15, 0.2) is 70.0 Å². The molecular formula is C24H21N3O5S. The summed E-state index contributed by atoms with van der Waals surface area (Å²) in [4.78, 5) is 29.9. The van der Waals surface area contributed by atoms with E-state index in [1.165, 1.54) is 20.3 Å². The number of imide groups is 1. The van der Waals surface area contributed by atoms with Gasteiger partial charge in [-0.1, -0.05) is 17.7 Å². The molecule has 0 aliphatic rings. The van der Waals surface area contributed by atoms with Gasteiger partial charge >= 0.3 is 6.03 Å². The number of nitrogens with zero attached hydrogens (tertiary/aromatic N) is 1. The number of aromatic nitrogens is 1. The van der Waals surface area contributed by atoms with Crippen molar-refractivity contribution in [3.05, 3.63) is 71.8 Å². The van der Waals surface area contributed by atoms with Crippen LogP contribution in [0.2, 0.25) is 0 Å². The lowest BCUT2D eigenvalue weighted by Gasteiger charge is -2.10. The number of amides is 3. The predicted molar refractivity (Wildman–Crippen MR) is 126 cm³/mol. The highest BCUT2D eigenvalue weighted by Crippen LogP contribution is 2.28. The Morgan fingerprint density at radius 1 is 0.970 bits per heavy atom. The summed E-state index contributed by atoms with van der Waals surface area (Å²) < 4.78 is 18.8. The molecule has 168 valence electrons. The van der Waals surface area contributed by atoms with Gasteiger partial charge in [-0.2, -0.15) is 0 Å². The van der Waals surface area contributed by atoms with E-state index < -0.39 is 11.9 Å². The fraction of sp³-hybridized carbons (Fsp3) is 0.125. The summed E-state index contributed by atoms with van der Waals surface area (Å²) in [5.41, 5.74) is 3.58. The third-order valence-electron chi connectivity index (χ3n) is 4.76. The molecule has 33 heavy (non-hydrogen) atoms. The second-order valence-electron chi connectivity index (χ2n) is 7.08. The van der Waals surface area contributed by atoms with Crippen LogP contribution in [0, 0.1) is 6.92 Å². The number of carbonyl (C=O) groups is 2. The average Bonchev–Trinajstić information content (AvgIpc) is 3.26. The molecular weight excluding hydrogens is 442 g/mol. The zero-order valence-electron chi connectivity index (χ0n) is 18.2. The fourth-order valence-electron chi connectivity index (χ4n) is 3.16. The molecule has 0 unspecified atom stereocenters. The Hall–Kier alpha value is -3.98. The molecule has 9 heteroatoms. The maximum atomic E-state index is 12.4. The van der Waals surface area contributed by atoms with E-state index in [1.807, 2.05) is 31.2 Å². The molecule has 3 aromatic carbocycles. The van der Waals surface area contributed by atoms with Gasteiger partial charge in [0.15, 0.2) is 17.1 Å². The average molecular weight is 464 g/mol. The van der Waals surface area contributed by atoms with Crippen molar-refractivity contribution in [2.24, 2.45) is 0 Å². The number of hydrogen-bond acceptors (Lipinski definition) is 7. The van der Waals surface area contributed by atoms with Gasteiger partial charge in [0.25, 0.3) is 5.91 Å². The molecule has 0 fully saturated rings.